The van der Waals surface area contributed by atoms with E-state index in [-0.39, 0.29) is 33.0 Å². The van der Waals surface area contributed by atoms with Crippen molar-refractivity contribution in [3.05, 3.63) is 41.1 Å². The van der Waals surface area contributed by atoms with Crippen LogP contribution >= 0.6 is 23.5 Å². The van der Waals surface area contributed by atoms with Crippen LogP contribution in [0.3, 0.4) is 0 Å². The molecule has 1 aromatic rings. The van der Waals surface area contributed by atoms with E-state index in [2.05, 4.69) is 33.9 Å². The molecule has 0 bridgehead atoms. The molecule has 0 spiro atoms. The van der Waals surface area contributed by atoms with E-state index in [0.29, 0.717) is 23.3 Å². The molecule has 2 rings (SSSR count). The first-order chi connectivity index (χ1) is 16.9. The van der Waals surface area contributed by atoms with Gasteiger partial charge in [0.2, 0.25) is 11.0 Å². The molecule has 37 heavy (non-hydrogen) atoms. The van der Waals surface area contributed by atoms with Crippen LogP contribution in [0.2, 0.25) is 18.1 Å². The summed E-state index contributed by atoms with van der Waals surface area (Å²) in [4.78, 5) is 40.5. The van der Waals surface area contributed by atoms with Gasteiger partial charge in [-0.2, -0.15) is 0 Å². The van der Waals surface area contributed by atoms with E-state index in [1.54, 1.807) is 45.0 Å². The highest BCUT2D eigenvalue weighted by Crippen LogP contribution is 2.46. The van der Waals surface area contributed by atoms with Gasteiger partial charge in [0.25, 0.3) is 0 Å². The van der Waals surface area contributed by atoms with Gasteiger partial charge in [-0.3, -0.25) is 14.5 Å². The van der Waals surface area contributed by atoms with Gasteiger partial charge in [-0.25, -0.2) is 4.79 Å². The predicted molar refractivity (Wildman–Crippen MR) is 154 cm³/mol. The number of carbonyl (C=O) groups is 3. The SMILES string of the molecule is CCS[C@@H]1[C@@H]([C@@H](C)O[Si](C)(C)C(C)(C)C)C(=O)N1C(C(=O)O)=C(Oc1ccccc1)SC(=O)C(C)(C)C. The standard InChI is InChI=1S/C27H41NO6S2Si/c1-11-35-22-19(17(2)34-37(9,10)27(6,7)8)21(29)28(22)20(23(30)31)24(36-25(32)26(3,4)5)33-18-15-13-12-14-16-18/h12-17,19,22H,11H2,1-10H3,(H,30,31)/t17-,19+,22-/m1/s1. The molecule has 1 fully saturated rings. The number of nitrogens with zero attached hydrogens (tertiary/aromatic N) is 1. The van der Waals surface area contributed by atoms with Gasteiger partial charge in [-0.15, -0.1) is 11.8 Å². The first kappa shape index (κ1) is 31.5. The number of benzene rings is 1. The number of hydrogen-bond acceptors (Lipinski definition) is 7. The first-order valence-corrected chi connectivity index (χ1v) is 17.2. The second kappa shape index (κ2) is 12.0. The highest BCUT2D eigenvalue weighted by Gasteiger charge is 2.55. The summed E-state index contributed by atoms with van der Waals surface area (Å²) in [6.45, 7) is 19.8. The average molecular weight is 568 g/mol. The third-order valence-electron chi connectivity index (χ3n) is 6.60. The minimum absolute atomic E-state index is 0.0338. The lowest BCUT2D eigenvalue weighted by atomic mass is 9.92. The Morgan fingerprint density at radius 3 is 2.14 bits per heavy atom. The predicted octanol–water partition coefficient (Wildman–Crippen LogP) is 6.57. The zero-order chi connectivity index (χ0) is 28.3. The minimum atomic E-state index is -2.16. The number of amides is 1. The molecule has 10 heteroatoms. The van der Waals surface area contributed by atoms with E-state index < -0.39 is 31.0 Å². The molecule has 1 heterocycles. The maximum absolute atomic E-state index is 13.6. The second-order valence-electron chi connectivity index (χ2n) is 11.7. The zero-order valence-corrected chi connectivity index (χ0v) is 26.2. The van der Waals surface area contributed by atoms with Crippen molar-refractivity contribution in [3.8, 4) is 5.75 Å². The molecule has 206 valence electrons. The van der Waals surface area contributed by atoms with E-state index in [4.69, 9.17) is 9.16 Å². The number of β-lactam (4-membered cyclic amide) rings is 1. The van der Waals surface area contributed by atoms with Crippen molar-refractivity contribution in [1.29, 1.82) is 0 Å². The van der Waals surface area contributed by atoms with E-state index in [0.717, 1.165) is 0 Å². The lowest BCUT2D eigenvalue weighted by Gasteiger charge is -2.50. The van der Waals surface area contributed by atoms with Gasteiger partial charge in [0.05, 0.1) is 17.4 Å². The molecule has 0 aromatic heterocycles. The van der Waals surface area contributed by atoms with Crippen LogP contribution in [-0.4, -0.2) is 52.5 Å². The van der Waals surface area contributed by atoms with Crippen LogP contribution in [0.4, 0.5) is 0 Å². The number of hydrogen-bond donors (Lipinski definition) is 1. The van der Waals surface area contributed by atoms with Gasteiger partial charge in [0.15, 0.2) is 19.1 Å². The highest BCUT2D eigenvalue weighted by atomic mass is 32.2. The maximum atomic E-state index is 13.6. The van der Waals surface area contributed by atoms with Crippen LogP contribution in [0.25, 0.3) is 0 Å². The molecule has 0 aliphatic carbocycles. The van der Waals surface area contributed by atoms with Crippen LogP contribution in [0.15, 0.2) is 41.1 Å². The number of rotatable bonds is 10. The Hall–Kier alpha value is -1.75. The molecule has 3 atom stereocenters. The summed E-state index contributed by atoms with van der Waals surface area (Å²) < 4.78 is 12.5. The van der Waals surface area contributed by atoms with Crippen LogP contribution < -0.4 is 4.74 Å². The van der Waals surface area contributed by atoms with Crippen molar-refractivity contribution in [2.45, 2.75) is 85.0 Å². The molecule has 1 amide bonds. The molecule has 1 aliphatic rings. The molecule has 0 saturated carbocycles. The Balaban J connectivity index is 2.54. The molecule has 1 aliphatic heterocycles. The third-order valence-corrected chi connectivity index (χ3v) is 13.6. The lowest BCUT2D eigenvalue weighted by molar-refractivity contribution is -0.157. The normalized spacial score (nSPS) is 20.2. The Labute approximate surface area is 230 Å². The number of carboxylic acids is 1. The number of para-hydroxylation sites is 1. The summed E-state index contributed by atoms with van der Waals surface area (Å²) in [5.41, 5.74) is -1.07. The smallest absolute Gasteiger partial charge is 0.357 e. The minimum Gasteiger partial charge on any atom is -0.476 e. The molecule has 1 aromatic carbocycles. The number of carboxylic acid groups (broad SMARTS) is 1. The fraction of sp³-hybridized carbons (Fsp3) is 0.593. The molecule has 0 radical (unpaired) electrons. The topological polar surface area (TPSA) is 93.1 Å². The number of thioether (sulfide) groups is 2. The second-order valence-corrected chi connectivity index (χ2v) is 18.8. The van der Waals surface area contributed by atoms with Crippen molar-refractivity contribution in [3.63, 3.8) is 0 Å². The summed E-state index contributed by atoms with van der Waals surface area (Å²) in [5, 5.41) is 9.43. The van der Waals surface area contributed by atoms with E-state index >= 15 is 0 Å². The highest BCUT2D eigenvalue weighted by molar-refractivity contribution is 8.16. The van der Waals surface area contributed by atoms with E-state index in [9.17, 15) is 19.5 Å². The number of carbonyl (C=O) groups excluding carboxylic acids is 2. The Bertz CT molecular complexity index is 1030. The molecule has 1 N–H and O–H groups in total. The monoisotopic (exact) mass is 567 g/mol. The fourth-order valence-corrected chi connectivity index (χ4v) is 7.03. The Kier molecular flexibility index (Phi) is 10.2. The molecule has 1 saturated heterocycles. The summed E-state index contributed by atoms with van der Waals surface area (Å²) in [5.74, 6) is -1.12. The number of aliphatic carboxylic acids is 1. The molecule has 0 unspecified atom stereocenters. The van der Waals surface area contributed by atoms with Gasteiger partial charge < -0.3 is 14.3 Å². The van der Waals surface area contributed by atoms with Gasteiger partial charge in [0.1, 0.15) is 5.75 Å². The largest absolute Gasteiger partial charge is 0.476 e. The van der Waals surface area contributed by atoms with Crippen LogP contribution in [0, 0.1) is 11.3 Å². The summed E-state index contributed by atoms with van der Waals surface area (Å²) in [6, 6.07) is 8.67. The van der Waals surface area contributed by atoms with Crippen molar-refractivity contribution < 1.29 is 28.7 Å². The maximum Gasteiger partial charge on any atom is 0.357 e. The van der Waals surface area contributed by atoms with Crippen molar-refractivity contribution in [1.82, 2.24) is 4.90 Å². The van der Waals surface area contributed by atoms with Crippen molar-refractivity contribution >= 4 is 48.8 Å². The zero-order valence-electron chi connectivity index (χ0n) is 23.6. The van der Waals surface area contributed by atoms with Gasteiger partial charge in [-0.1, -0.05) is 66.7 Å². The quantitative estimate of drug-likeness (QED) is 0.147. The van der Waals surface area contributed by atoms with Crippen LogP contribution in [0.1, 0.15) is 55.4 Å². The van der Waals surface area contributed by atoms with Gasteiger partial charge in [0, 0.05) is 5.41 Å². The Morgan fingerprint density at radius 2 is 1.68 bits per heavy atom. The summed E-state index contributed by atoms with van der Waals surface area (Å²) in [6.07, 6.45) is -0.383. The van der Waals surface area contributed by atoms with Crippen molar-refractivity contribution in [2.75, 3.05) is 5.75 Å². The lowest BCUT2D eigenvalue weighted by Crippen LogP contribution is -2.64. The molecular weight excluding hydrogens is 527 g/mol. The van der Waals surface area contributed by atoms with E-state index in [1.165, 1.54) is 16.7 Å². The van der Waals surface area contributed by atoms with Crippen molar-refractivity contribution in [2.24, 2.45) is 11.3 Å². The van der Waals surface area contributed by atoms with E-state index in [1.807, 2.05) is 19.9 Å². The van der Waals surface area contributed by atoms with Gasteiger partial charge in [-0.05, 0) is 54.7 Å². The Morgan fingerprint density at radius 1 is 1.11 bits per heavy atom. The summed E-state index contributed by atoms with van der Waals surface area (Å²) in [7, 11) is -2.16. The van der Waals surface area contributed by atoms with Gasteiger partial charge >= 0.3 is 5.97 Å². The molecule has 7 nitrogen and oxygen atoms in total. The first-order valence-electron chi connectivity index (χ1n) is 12.5. The number of likely N-dealkylation sites (tertiary alicyclic amines) is 1. The average Bonchev–Trinajstić information content (AvgIpc) is 2.75. The fourth-order valence-electron chi connectivity index (χ4n) is 3.46. The third kappa shape index (κ3) is 7.43. The number of ether oxygens (including phenoxy) is 1. The van der Waals surface area contributed by atoms with Crippen LogP contribution in [0.5, 0.6) is 5.75 Å². The molecular formula is C27H41NO6S2Si. The summed E-state index contributed by atoms with van der Waals surface area (Å²) >= 11 is 2.20. The van der Waals surface area contributed by atoms with Crippen LogP contribution in [-0.2, 0) is 18.8 Å².